The molecule has 0 radical (unpaired) electrons. The number of ether oxygens (including phenoxy) is 1. The molecule has 1 aromatic heterocycles. The van der Waals surface area contributed by atoms with Gasteiger partial charge in [-0.05, 0) is 67.7 Å². The SMILES string of the molecule is COc1ccc(-c2cnc(Nc3ccc(CCN4CCC(C(=O)O)CC4)cc3)nc2)cc1. The molecule has 2 N–H and O–H groups in total. The summed E-state index contributed by atoms with van der Waals surface area (Å²) in [5.74, 6) is 0.534. The number of aromatic nitrogens is 2. The Morgan fingerprint density at radius 2 is 1.69 bits per heavy atom. The number of rotatable bonds is 8. The first kappa shape index (κ1) is 21.8. The number of anilines is 2. The highest BCUT2D eigenvalue weighted by atomic mass is 16.5. The van der Waals surface area contributed by atoms with Crippen LogP contribution in [0.3, 0.4) is 0 Å². The van der Waals surface area contributed by atoms with E-state index in [-0.39, 0.29) is 5.92 Å². The van der Waals surface area contributed by atoms with Crippen molar-refractivity contribution in [3.05, 3.63) is 66.5 Å². The minimum atomic E-state index is -0.660. The van der Waals surface area contributed by atoms with Crippen LogP contribution >= 0.6 is 0 Å². The summed E-state index contributed by atoms with van der Waals surface area (Å²) in [6.07, 6.45) is 6.05. The minimum absolute atomic E-state index is 0.177. The lowest BCUT2D eigenvalue weighted by Crippen LogP contribution is -2.37. The van der Waals surface area contributed by atoms with E-state index in [1.54, 1.807) is 19.5 Å². The second kappa shape index (κ2) is 10.2. The van der Waals surface area contributed by atoms with Crippen molar-refractivity contribution in [2.75, 3.05) is 32.1 Å². The summed E-state index contributed by atoms with van der Waals surface area (Å²) in [4.78, 5) is 22.3. The fraction of sp³-hybridized carbons (Fsp3) is 0.320. The summed E-state index contributed by atoms with van der Waals surface area (Å²) in [6, 6.07) is 16.1. The molecule has 1 saturated heterocycles. The van der Waals surface area contributed by atoms with Crippen molar-refractivity contribution >= 4 is 17.6 Å². The third-order valence-corrected chi connectivity index (χ3v) is 5.94. The quantitative estimate of drug-likeness (QED) is 0.551. The van der Waals surface area contributed by atoms with Crippen LogP contribution in [0.1, 0.15) is 18.4 Å². The molecule has 1 aliphatic rings. The van der Waals surface area contributed by atoms with E-state index in [0.29, 0.717) is 5.95 Å². The predicted octanol–water partition coefficient (Wildman–Crippen LogP) is 4.23. The van der Waals surface area contributed by atoms with Gasteiger partial charge in [0.15, 0.2) is 0 Å². The van der Waals surface area contributed by atoms with Crippen molar-refractivity contribution in [2.45, 2.75) is 19.3 Å². The van der Waals surface area contributed by atoms with E-state index in [9.17, 15) is 4.79 Å². The number of nitrogens with zero attached hydrogens (tertiary/aromatic N) is 3. The van der Waals surface area contributed by atoms with Gasteiger partial charge in [0.2, 0.25) is 5.95 Å². The third kappa shape index (κ3) is 5.62. The Morgan fingerprint density at radius 1 is 1.03 bits per heavy atom. The number of hydrogen-bond acceptors (Lipinski definition) is 6. The molecule has 0 spiro atoms. The second-order valence-corrected chi connectivity index (χ2v) is 8.05. The van der Waals surface area contributed by atoms with E-state index in [1.807, 2.05) is 36.4 Å². The number of carboxylic acid groups (broad SMARTS) is 1. The molecule has 0 atom stereocenters. The molecule has 2 aromatic carbocycles. The van der Waals surface area contributed by atoms with Crippen LogP contribution < -0.4 is 10.1 Å². The molecule has 0 saturated carbocycles. The summed E-state index contributed by atoms with van der Waals surface area (Å²) in [6.45, 7) is 2.68. The maximum absolute atomic E-state index is 11.1. The van der Waals surface area contributed by atoms with Crippen LogP contribution in [-0.4, -0.2) is 52.7 Å². The van der Waals surface area contributed by atoms with Gasteiger partial charge in [-0.15, -0.1) is 0 Å². The molecule has 4 rings (SSSR count). The van der Waals surface area contributed by atoms with Crippen LogP contribution in [0.5, 0.6) is 5.75 Å². The monoisotopic (exact) mass is 432 g/mol. The number of piperidine rings is 1. The lowest BCUT2D eigenvalue weighted by Gasteiger charge is -2.29. The highest BCUT2D eigenvalue weighted by Gasteiger charge is 2.23. The number of methoxy groups -OCH3 is 1. The molecule has 1 fully saturated rings. The van der Waals surface area contributed by atoms with Crippen LogP contribution in [0.25, 0.3) is 11.1 Å². The normalized spacial score (nSPS) is 14.8. The lowest BCUT2D eigenvalue weighted by molar-refractivity contribution is -0.143. The zero-order valence-corrected chi connectivity index (χ0v) is 18.2. The van der Waals surface area contributed by atoms with Crippen molar-refractivity contribution in [2.24, 2.45) is 5.92 Å². The first-order valence-corrected chi connectivity index (χ1v) is 10.9. The van der Waals surface area contributed by atoms with E-state index in [1.165, 1.54) is 5.56 Å². The van der Waals surface area contributed by atoms with Gasteiger partial charge in [-0.3, -0.25) is 4.79 Å². The van der Waals surface area contributed by atoms with Gasteiger partial charge in [0.05, 0.1) is 13.0 Å². The fourth-order valence-electron chi connectivity index (χ4n) is 3.90. The molecular weight excluding hydrogens is 404 g/mol. The number of carboxylic acids is 1. The van der Waals surface area contributed by atoms with E-state index in [2.05, 4.69) is 32.3 Å². The molecule has 0 amide bonds. The summed E-state index contributed by atoms with van der Waals surface area (Å²) in [5.41, 5.74) is 4.18. The van der Waals surface area contributed by atoms with Crippen LogP contribution in [-0.2, 0) is 11.2 Å². The maximum Gasteiger partial charge on any atom is 0.306 e. The zero-order chi connectivity index (χ0) is 22.3. The molecule has 7 heteroatoms. The van der Waals surface area contributed by atoms with Crippen molar-refractivity contribution < 1.29 is 14.6 Å². The number of hydrogen-bond donors (Lipinski definition) is 2. The Balaban J connectivity index is 1.27. The largest absolute Gasteiger partial charge is 0.497 e. The molecule has 0 bridgehead atoms. The predicted molar refractivity (Wildman–Crippen MR) is 124 cm³/mol. The maximum atomic E-state index is 11.1. The van der Waals surface area contributed by atoms with Crippen molar-refractivity contribution in [3.63, 3.8) is 0 Å². The molecule has 3 aromatic rings. The zero-order valence-electron chi connectivity index (χ0n) is 18.2. The number of carbonyl (C=O) groups is 1. The summed E-state index contributed by atoms with van der Waals surface area (Å²) in [7, 11) is 1.65. The molecule has 7 nitrogen and oxygen atoms in total. The Bertz CT molecular complexity index is 1010. The lowest BCUT2D eigenvalue weighted by atomic mass is 9.97. The fourth-order valence-corrected chi connectivity index (χ4v) is 3.90. The summed E-state index contributed by atoms with van der Waals surface area (Å²) in [5, 5.41) is 12.4. The highest BCUT2D eigenvalue weighted by molar-refractivity contribution is 5.70. The first-order chi connectivity index (χ1) is 15.6. The van der Waals surface area contributed by atoms with Gasteiger partial charge in [-0.25, -0.2) is 9.97 Å². The van der Waals surface area contributed by atoms with Gasteiger partial charge in [0, 0.05) is 30.2 Å². The molecule has 2 heterocycles. The topological polar surface area (TPSA) is 87.6 Å². The van der Waals surface area contributed by atoms with Crippen molar-refractivity contribution in [1.29, 1.82) is 0 Å². The van der Waals surface area contributed by atoms with Gasteiger partial charge in [0.25, 0.3) is 0 Å². The van der Waals surface area contributed by atoms with E-state index < -0.39 is 5.97 Å². The van der Waals surface area contributed by atoms with Gasteiger partial charge < -0.3 is 20.1 Å². The van der Waals surface area contributed by atoms with Gasteiger partial charge >= 0.3 is 5.97 Å². The second-order valence-electron chi connectivity index (χ2n) is 8.05. The van der Waals surface area contributed by atoms with Gasteiger partial charge in [-0.2, -0.15) is 0 Å². The number of nitrogens with one attached hydrogen (secondary N) is 1. The third-order valence-electron chi connectivity index (χ3n) is 5.94. The minimum Gasteiger partial charge on any atom is -0.497 e. The average molecular weight is 433 g/mol. The molecule has 0 aliphatic carbocycles. The molecule has 32 heavy (non-hydrogen) atoms. The van der Waals surface area contributed by atoms with E-state index >= 15 is 0 Å². The number of likely N-dealkylation sites (tertiary alicyclic amines) is 1. The van der Waals surface area contributed by atoms with Crippen LogP contribution in [0.2, 0.25) is 0 Å². The Kier molecular flexibility index (Phi) is 6.97. The Morgan fingerprint density at radius 3 is 2.28 bits per heavy atom. The van der Waals surface area contributed by atoms with Gasteiger partial charge in [-0.1, -0.05) is 24.3 Å². The van der Waals surface area contributed by atoms with E-state index in [4.69, 9.17) is 9.84 Å². The molecule has 166 valence electrons. The Labute approximate surface area is 188 Å². The van der Waals surface area contributed by atoms with Crippen molar-refractivity contribution in [3.8, 4) is 16.9 Å². The molecule has 0 unspecified atom stereocenters. The smallest absolute Gasteiger partial charge is 0.306 e. The number of benzene rings is 2. The van der Waals surface area contributed by atoms with Crippen LogP contribution in [0.15, 0.2) is 60.9 Å². The van der Waals surface area contributed by atoms with E-state index in [0.717, 1.165) is 61.5 Å². The average Bonchev–Trinajstić information content (AvgIpc) is 2.84. The highest BCUT2D eigenvalue weighted by Crippen LogP contribution is 2.22. The van der Waals surface area contributed by atoms with Gasteiger partial charge in [0.1, 0.15) is 5.75 Å². The Hall–Kier alpha value is -3.45. The standard InChI is InChI=1S/C25H28N4O3/c1-32-23-8-4-19(5-9-23)21-16-26-25(27-17-21)28-22-6-2-18(3-7-22)10-13-29-14-11-20(12-15-29)24(30)31/h2-9,16-17,20H,10-15H2,1H3,(H,30,31)(H,26,27,28). The molecular formula is C25H28N4O3. The first-order valence-electron chi connectivity index (χ1n) is 10.9. The van der Waals surface area contributed by atoms with Crippen molar-refractivity contribution in [1.82, 2.24) is 14.9 Å². The summed E-state index contributed by atoms with van der Waals surface area (Å²) < 4.78 is 5.19. The van der Waals surface area contributed by atoms with Crippen LogP contribution in [0.4, 0.5) is 11.6 Å². The molecule has 1 aliphatic heterocycles. The number of aliphatic carboxylic acids is 1. The van der Waals surface area contributed by atoms with Crippen LogP contribution in [0, 0.1) is 5.92 Å². The summed E-state index contributed by atoms with van der Waals surface area (Å²) >= 11 is 0.